The lowest BCUT2D eigenvalue weighted by Crippen LogP contribution is -2.48. The molecular formula is C17H24N2O. The van der Waals surface area contributed by atoms with Gasteiger partial charge in [0.1, 0.15) is 0 Å². The fourth-order valence-electron chi connectivity index (χ4n) is 2.88. The average molecular weight is 272 g/mol. The lowest BCUT2D eigenvalue weighted by Gasteiger charge is -2.28. The molecule has 108 valence electrons. The molecule has 20 heavy (non-hydrogen) atoms. The predicted molar refractivity (Wildman–Crippen MR) is 84.4 cm³/mol. The van der Waals surface area contributed by atoms with E-state index in [2.05, 4.69) is 61.7 Å². The van der Waals surface area contributed by atoms with Gasteiger partial charge in [-0.15, -0.1) is 0 Å². The van der Waals surface area contributed by atoms with Crippen molar-refractivity contribution < 1.29 is 4.74 Å². The molecule has 0 aliphatic rings. The van der Waals surface area contributed by atoms with Crippen LogP contribution in [0.1, 0.15) is 19.4 Å². The maximum Gasteiger partial charge on any atom is 0.0763 e. The van der Waals surface area contributed by atoms with E-state index >= 15 is 0 Å². The number of nitrogens with two attached hydrogens (primary N) is 1. The fourth-order valence-corrected chi connectivity index (χ4v) is 2.88. The van der Waals surface area contributed by atoms with Gasteiger partial charge in [-0.25, -0.2) is 0 Å². The molecule has 0 saturated carbocycles. The highest BCUT2D eigenvalue weighted by Crippen LogP contribution is 2.22. The van der Waals surface area contributed by atoms with Crippen molar-refractivity contribution in [2.45, 2.75) is 32.4 Å². The Kier molecular flexibility index (Phi) is 5.12. The van der Waals surface area contributed by atoms with Crippen LogP contribution in [0.4, 0.5) is 0 Å². The van der Waals surface area contributed by atoms with Crippen molar-refractivity contribution in [2.75, 3.05) is 7.11 Å². The third-order valence-corrected chi connectivity index (χ3v) is 3.86. The van der Waals surface area contributed by atoms with Gasteiger partial charge in [-0.2, -0.15) is 0 Å². The van der Waals surface area contributed by atoms with Crippen molar-refractivity contribution in [2.24, 2.45) is 11.8 Å². The number of hydrogen-bond acceptors (Lipinski definition) is 3. The molecule has 0 aromatic heterocycles. The van der Waals surface area contributed by atoms with Gasteiger partial charge in [0, 0.05) is 7.11 Å². The number of ether oxygens (including phenoxy) is 1. The summed E-state index contributed by atoms with van der Waals surface area (Å²) in [5, 5.41) is 2.55. The van der Waals surface area contributed by atoms with Crippen LogP contribution in [0, 0.1) is 5.92 Å². The van der Waals surface area contributed by atoms with E-state index in [0.717, 1.165) is 6.42 Å². The smallest absolute Gasteiger partial charge is 0.0763 e. The number of hydrazine groups is 1. The van der Waals surface area contributed by atoms with Crippen LogP contribution < -0.4 is 11.3 Å². The second-order valence-electron chi connectivity index (χ2n) is 5.56. The third kappa shape index (κ3) is 3.18. The number of rotatable bonds is 6. The van der Waals surface area contributed by atoms with Gasteiger partial charge in [0.05, 0.1) is 12.1 Å². The molecule has 0 aliphatic heterocycles. The van der Waals surface area contributed by atoms with E-state index in [1.807, 2.05) is 0 Å². The Morgan fingerprint density at radius 1 is 1.10 bits per heavy atom. The Morgan fingerprint density at radius 2 is 1.80 bits per heavy atom. The third-order valence-electron chi connectivity index (χ3n) is 3.86. The standard InChI is InChI=1S/C17H24N2O/c1-12(2)17(20-3)16(19-18)11-14-9-6-8-13-7-4-5-10-15(13)14/h4-10,12,16-17,19H,11,18H2,1-3H3. The molecule has 0 aliphatic carbocycles. The SMILES string of the molecule is COC(C(C)C)C(Cc1cccc2ccccc12)NN. The first-order valence-electron chi connectivity index (χ1n) is 7.13. The summed E-state index contributed by atoms with van der Waals surface area (Å²) >= 11 is 0. The summed E-state index contributed by atoms with van der Waals surface area (Å²) < 4.78 is 5.61. The summed E-state index contributed by atoms with van der Waals surface area (Å²) in [5.41, 5.74) is 4.22. The van der Waals surface area contributed by atoms with Crippen molar-refractivity contribution in [1.82, 2.24) is 5.43 Å². The molecule has 2 aromatic carbocycles. The average Bonchev–Trinajstić information content (AvgIpc) is 2.46. The molecule has 2 rings (SSSR count). The van der Waals surface area contributed by atoms with Crippen molar-refractivity contribution in [3.63, 3.8) is 0 Å². The summed E-state index contributed by atoms with van der Waals surface area (Å²) in [6.45, 7) is 4.31. The number of benzene rings is 2. The topological polar surface area (TPSA) is 47.3 Å². The minimum Gasteiger partial charge on any atom is -0.380 e. The van der Waals surface area contributed by atoms with Gasteiger partial charge in [-0.3, -0.25) is 11.3 Å². The molecule has 0 fully saturated rings. The van der Waals surface area contributed by atoms with Crippen LogP contribution in [-0.2, 0) is 11.2 Å². The van der Waals surface area contributed by atoms with Crippen molar-refractivity contribution in [1.29, 1.82) is 0 Å². The minimum absolute atomic E-state index is 0.0963. The Bertz CT molecular complexity index is 548. The van der Waals surface area contributed by atoms with Crippen LogP contribution in [0.25, 0.3) is 10.8 Å². The minimum atomic E-state index is 0.0963. The van der Waals surface area contributed by atoms with E-state index in [0.29, 0.717) is 5.92 Å². The Balaban J connectivity index is 2.30. The molecule has 0 spiro atoms. The zero-order valence-corrected chi connectivity index (χ0v) is 12.5. The molecule has 0 saturated heterocycles. The van der Waals surface area contributed by atoms with Crippen LogP contribution in [0.5, 0.6) is 0 Å². The number of hydrogen-bond donors (Lipinski definition) is 2. The number of nitrogens with one attached hydrogen (secondary N) is 1. The zero-order valence-electron chi connectivity index (χ0n) is 12.5. The Hall–Kier alpha value is -1.42. The predicted octanol–water partition coefficient (Wildman–Crippen LogP) is 2.89. The van der Waals surface area contributed by atoms with E-state index in [-0.39, 0.29) is 12.1 Å². The summed E-state index contributed by atoms with van der Waals surface area (Å²) in [6, 6.07) is 15.0. The monoisotopic (exact) mass is 272 g/mol. The zero-order chi connectivity index (χ0) is 14.5. The molecule has 0 heterocycles. The van der Waals surface area contributed by atoms with Crippen LogP contribution in [0.15, 0.2) is 42.5 Å². The molecule has 3 N–H and O–H groups in total. The summed E-state index contributed by atoms with van der Waals surface area (Å²) in [5.74, 6) is 6.16. The van der Waals surface area contributed by atoms with Crippen molar-refractivity contribution in [3.8, 4) is 0 Å². The second-order valence-corrected chi connectivity index (χ2v) is 5.56. The maximum absolute atomic E-state index is 5.75. The summed E-state index contributed by atoms with van der Waals surface area (Å²) in [7, 11) is 1.75. The van der Waals surface area contributed by atoms with E-state index in [4.69, 9.17) is 10.6 Å². The Morgan fingerprint density at radius 3 is 2.45 bits per heavy atom. The molecule has 3 nitrogen and oxygen atoms in total. The van der Waals surface area contributed by atoms with Gasteiger partial charge in [0.2, 0.25) is 0 Å². The van der Waals surface area contributed by atoms with Crippen LogP contribution in [-0.4, -0.2) is 19.3 Å². The first-order valence-corrected chi connectivity index (χ1v) is 7.13. The highest BCUT2D eigenvalue weighted by Gasteiger charge is 2.24. The molecule has 0 radical (unpaired) electrons. The highest BCUT2D eigenvalue weighted by atomic mass is 16.5. The summed E-state index contributed by atoms with van der Waals surface area (Å²) in [6.07, 6.45) is 0.952. The molecule has 0 amide bonds. The molecular weight excluding hydrogens is 248 g/mol. The van der Waals surface area contributed by atoms with E-state index in [9.17, 15) is 0 Å². The highest BCUT2D eigenvalue weighted by molar-refractivity contribution is 5.85. The lowest BCUT2D eigenvalue weighted by atomic mass is 9.92. The van der Waals surface area contributed by atoms with Crippen molar-refractivity contribution >= 4 is 10.8 Å². The van der Waals surface area contributed by atoms with Gasteiger partial charge in [0.25, 0.3) is 0 Å². The number of methoxy groups -OCH3 is 1. The van der Waals surface area contributed by atoms with Gasteiger partial charge >= 0.3 is 0 Å². The Labute approximate surface area is 121 Å². The molecule has 3 heteroatoms. The molecule has 2 atom stereocenters. The maximum atomic E-state index is 5.75. The molecule has 0 bridgehead atoms. The number of fused-ring (bicyclic) bond motifs is 1. The van der Waals surface area contributed by atoms with Gasteiger partial charge in [-0.1, -0.05) is 56.3 Å². The normalized spacial score (nSPS) is 14.7. The summed E-state index contributed by atoms with van der Waals surface area (Å²) in [4.78, 5) is 0. The van der Waals surface area contributed by atoms with E-state index in [1.54, 1.807) is 7.11 Å². The van der Waals surface area contributed by atoms with E-state index in [1.165, 1.54) is 16.3 Å². The lowest BCUT2D eigenvalue weighted by molar-refractivity contribution is 0.0333. The molecule has 2 aromatic rings. The van der Waals surface area contributed by atoms with Crippen molar-refractivity contribution in [3.05, 3.63) is 48.0 Å². The fraction of sp³-hybridized carbons (Fsp3) is 0.412. The first-order chi connectivity index (χ1) is 9.67. The van der Waals surface area contributed by atoms with Gasteiger partial charge in [0.15, 0.2) is 0 Å². The van der Waals surface area contributed by atoms with Crippen LogP contribution >= 0.6 is 0 Å². The van der Waals surface area contributed by atoms with Gasteiger partial charge in [-0.05, 0) is 28.7 Å². The quantitative estimate of drug-likeness (QED) is 0.628. The molecule has 2 unspecified atom stereocenters. The second kappa shape index (κ2) is 6.84. The first kappa shape index (κ1) is 15.0. The van der Waals surface area contributed by atoms with Gasteiger partial charge < -0.3 is 4.74 Å². The van der Waals surface area contributed by atoms with Crippen LogP contribution in [0.2, 0.25) is 0 Å². The van der Waals surface area contributed by atoms with E-state index < -0.39 is 0 Å². The largest absolute Gasteiger partial charge is 0.380 e. The van der Waals surface area contributed by atoms with Crippen LogP contribution in [0.3, 0.4) is 0 Å².